The lowest BCUT2D eigenvalue weighted by Gasteiger charge is -2.29. The Morgan fingerprint density at radius 2 is 0.869 bits per heavy atom. The van der Waals surface area contributed by atoms with Crippen molar-refractivity contribution in [3.8, 4) is 17.2 Å². The van der Waals surface area contributed by atoms with E-state index in [-0.39, 0.29) is 129 Å². The molecule has 4 N–H and O–H groups in total. The van der Waals surface area contributed by atoms with Crippen LogP contribution in [0.4, 0.5) is 37.8 Å². The van der Waals surface area contributed by atoms with E-state index in [2.05, 4.69) is 26.3 Å². The summed E-state index contributed by atoms with van der Waals surface area (Å²) < 4.78 is 110. The van der Waals surface area contributed by atoms with Crippen molar-refractivity contribution in [3.63, 3.8) is 0 Å². The SMILES string of the molecule is COc1ccc2c(c1F)C(=O)N(C[C@@]1(c3cc4c5c(ccc4o3)CNC5=O)NC(=O)N(COC(=O)C(C)(C)C)C1=O)C2.COc1ccc2c(c1F)C(=O)N(C[C@@]1(c3cc4cc5c(c(F)c4o3)C(=O)CC5)NC(=O)N(COC(=O)C(C)(C)C)C1=O)C2.COc1ccc2c(c1F)C(=O)N(C[C@@]1(c3cc4nc(N5C(=O)CCC5C)ccc4o3)NC(=O)N(COC(=O)C(C)(C)C)C1=O)C2. The van der Waals surface area contributed by atoms with E-state index >= 15 is 17.6 Å². The molecule has 5 aromatic carbocycles. The second-order valence-electron chi connectivity index (χ2n) is 35.8. The van der Waals surface area contributed by atoms with Crippen LogP contribution < -0.4 is 40.4 Å². The fourth-order valence-corrected chi connectivity index (χ4v) is 17.0. The van der Waals surface area contributed by atoms with Crippen LogP contribution in [-0.2, 0) is 97.0 Å². The molecule has 0 saturated carbocycles. The number of Topliss-reactive ketones (excluding diaryl/α,β-unsaturated/α-hetero) is 1. The number of methoxy groups -OCH3 is 3. The molecule has 12 heterocycles. The van der Waals surface area contributed by atoms with Gasteiger partial charge in [0.1, 0.15) is 34.2 Å². The molecule has 678 valence electrons. The van der Waals surface area contributed by atoms with Crippen LogP contribution in [-0.4, -0.2) is 191 Å². The summed E-state index contributed by atoms with van der Waals surface area (Å²) in [5.74, 6) is -11.2. The third-order valence-corrected chi connectivity index (χ3v) is 24.0. The van der Waals surface area contributed by atoms with Crippen LogP contribution in [0.1, 0.15) is 185 Å². The first-order valence-corrected chi connectivity index (χ1v) is 41.1. The number of nitrogens with one attached hydrogen (secondary N) is 4. The smallest absolute Gasteiger partial charge is 0.328 e. The zero-order valence-electron chi connectivity index (χ0n) is 72.4. The van der Waals surface area contributed by atoms with Gasteiger partial charge < -0.3 is 77.6 Å². The Labute approximate surface area is 735 Å². The third kappa shape index (κ3) is 14.8. The Morgan fingerprint density at radius 1 is 0.462 bits per heavy atom. The van der Waals surface area contributed by atoms with Crippen molar-refractivity contribution in [2.45, 2.75) is 144 Å². The van der Waals surface area contributed by atoms with Gasteiger partial charge in [-0.25, -0.2) is 51.6 Å². The van der Waals surface area contributed by atoms with Crippen molar-refractivity contribution in [1.82, 2.24) is 55.7 Å². The summed E-state index contributed by atoms with van der Waals surface area (Å²) in [6.45, 7) is 13.1. The molecule has 36 nitrogen and oxygen atoms in total. The molecule has 1 unspecified atom stereocenters. The van der Waals surface area contributed by atoms with E-state index in [4.69, 9.17) is 41.7 Å². The molecule has 9 aromatic rings. The lowest BCUT2D eigenvalue weighted by molar-refractivity contribution is -0.160. The normalized spacial score (nSPS) is 20.4. The first kappa shape index (κ1) is 88.7. The van der Waals surface area contributed by atoms with Crippen molar-refractivity contribution < 1.29 is 131 Å². The molecule has 18 rings (SSSR count). The molecule has 4 saturated heterocycles. The van der Waals surface area contributed by atoms with Crippen molar-refractivity contribution in [2.75, 3.05) is 66.1 Å². The molecule has 4 atom stereocenters. The molecule has 0 bridgehead atoms. The maximum absolute atomic E-state index is 15.5. The number of imide groups is 3. The van der Waals surface area contributed by atoms with Crippen LogP contribution in [0.2, 0.25) is 0 Å². The highest BCUT2D eigenvalue weighted by molar-refractivity contribution is 6.14. The monoisotopic (exact) mass is 1790 g/mol. The van der Waals surface area contributed by atoms with Gasteiger partial charge in [-0.3, -0.25) is 62.4 Å². The number of halogens is 4. The van der Waals surface area contributed by atoms with Crippen LogP contribution in [0, 0.1) is 39.5 Å². The predicted molar refractivity (Wildman–Crippen MR) is 442 cm³/mol. The lowest BCUT2D eigenvalue weighted by atomic mass is 9.94. The number of esters is 3. The number of nitrogens with zero attached hydrogens (tertiary/aromatic N) is 8. The van der Waals surface area contributed by atoms with E-state index in [1.807, 2.05) is 6.92 Å². The van der Waals surface area contributed by atoms with Crippen LogP contribution >= 0.6 is 0 Å². The standard InChI is InChI=1S/C31H32FN5O8.C30H27F2N3O8.C29H27FN4O8/c1-16-6-11-23(38)37(16)22-10-9-19-18(33-22)12-21(45-19)31(27(40)36(29(42)34-31)15-44-28(41)30(2,3)4)14-35-13-17-7-8-20(43-5)25(32)24(17)26(35)39;1-29(2,3)27(39)42-13-35-26(38)30(33-28(35)40,12-34-11-15-6-8-18(41-4)22(31)21(15)25(34)37)19-10-16-9-14-5-7-17(36)20(14)23(32)24(16)43-19;1-28(2,3)26(38)41-13-34-25(37)29(32-27(34)39,12-33-11-15-6-8-18(40-4)22(30)21(15)24(33)36)19-9-16-17(42-19)7-5-14-10-31-23(35)20(14)16/h7-10,12,16H,6,11,13-15H2,1-5H3,(H,34,42);6,8-10H,5,7,11-13H2,1-4H3,(H,33,40);5-9H,10-13H2,1-4H3,(H,31,35)(H,32,39)/t16?,31-;30-;29-/m000/s1. The number of hydrogen-bond donors (Lipinski definition) is 4. The molecule has 0 spiro atoms. The Hall–Kier alpha value is -14.8. The number of ether oxygens (including phenoxy) is 6. The molecule has 1 aliphatic carbocycles. The van der Waals surface area contributed by atoms with E-state index in [1.165, 1.54) is 73.6 Å². The van der Waals surface area contributed by atoms with E-state index in [9.17, 15) is 71.9 Å². The van der Waals surface area contributed by atoms with E-state index < -0.39 is 167 Å². The number of carbonyl (C=O) groups excluding carboxylic acids is 15. The van der Waals surface area contributed by atoms with Gasteiger partial charge in [0.05, 0.1) is 85.0 Å². The number of rotatable bonds is 19. The maximum Gasteiger partial charge on any atom is 0.328 e. The number of aryl methyl sites for hydroxylation is 1. The van der Waals surface area contributed by atoms with Gasteiger partial charge in [0.25, 0.3) is 41.4 Å². The van der Waals surface area contributed by atoms with Crippen molar-refractivity contribution >= 4 is 128 Å². The number of anilines is 1. The topological polar surface area (TPSA) is 435 Å². The van der Waals surface area contributed by atoms with Gasteiger partial charge >= 0.3 is 36.0 Å². The first-order valence-electron chi connectivity index (χ1n) is 41.1. The average Bonchev–Trinajstić information content (AvgIpc) is 1.56. The molecular weight excluding hydrogens is 1710 g/mol. The number of aromatic nitrogens is 1. The zero-order valence-corrected chi connectivity index (χ0v) is 72.4. The first-order chi connectivity index (χ1) is 61.4. The molecule has 130 heavy (non-hydrogen) atoms. The largest absolute Gasteiger partial charge is 0.494 e. The lowest BCUT2D eigenvalue weighted by Crippen LogP contribution is -2.52. The second-order valence-corrected chi connectivity index (χ2v) is 35.8. The third-order valence-electron chi connectivity index (χ3n) is 24.0. The van der Waals surface area contributed by atoms with E-state index in [1.54, 1.807) is 110 Å². The second kappa shape index (κ2) is 32.2. The summed E-state index contributed by atoms with van der Waals surface area (Å²) in [7, 11) is 3.82. The molecule has 0 radical (unpaired) electrons. The highest BCUT2D eigenvalue weighted by Gasteiger charge is 2.61. The molecule has 14 amide bonds. The molecule has 4 aromatic heterocycles. The highest BCUT2D eigenvalue weighted by Crippen LogP contribution is 2.46. The van der Waals surface area contributed by atoms with Crippen molar-refractivity contribution in [3.05, 3.63) is 181 Å². The van der Waals surface area contributed by atoms with Gasteiger partial charge in [-0.15, -0.1) is 0 Å². The number of pyridine rings is 1. The number of furan rings is 3. The van der Waals surface area contributed by atoms with Gasteiger partial charge in [-0.2, -0.15) is 0 Å². The quantitative estimate of drug-likeness (QED) is 0.0253. The van der Waals surface area contributed by atoms with Crippen LogP contribution in [0.25, 0.3) is 33.0 Å². The van der Waals surface area contributed by atoms with Gasteiger partial charge in [-0.05, 0) is 164 Å². The molecule has 4 fully saturated rings. The number of benzene rings is 5. The van der Waals surface area contributed by atoms with Crippen LogP contribution in [0.3, 0.4) is 0 Å². The summed E-state index contributed by atoms with van der Waals surface area (Å²) in [5.41, 5.74) is -6.28. The summed E-state index contributed by atoms with van der Waals surface area (Å²) in [4.78, 5) is 209. The van der Waals surface area contributed by atoms with Crippen LogP contribution in [0.5, 0.6) is 17.2 Å². The molecular formula is C90H86F4N12O24. The minimum atomic E-state index is -2.11. The van der Waals surface area contributed by atoms with Gasteiger partial charge in [-0.1, -0.05) is 24.3 Å². The predicted octanol–water partition coefficient (Wildman–Crippen LogP) is 10.0. The number of amides is 14. The fourth-order valence-electron chi connectivity index (χ4n) is 17.0. The zero-order chi connectivity index (χ0) is 93.6. The van der Waals surface area contributed by atoms with E-state index in [0.29, 0.717) is 80.1 Å². The number of fused-ring (bicyclic) bond motifs is 9. The number of ketones is 1. The van der Waals surface area contributed by atoms with Gasteiger partial charge in [0.2, 0.25) is 5.91 Å². The summed E-state index contributed by atoms with van der Waals surface area (Å²) in [5, 5.41) is 11.2. The minimum Gasteiger partial charge on any atom is -0.494 e. The van der Waals surface area contributed by atoms with Crippen molar-refractivity contribution in [2.24, 2.45) is 16.2 Å². The highest BCUT2D eigenvalue weighted by atomic mass is 19.1. The Bertz CT molecular complexity index is 6500. The summed E-state index contributed by atoms with van der Waals surface area (Å²) in [6, 6.07) is 18.5. The summed E-state index contributed by atoms with van der Waals surface area (Å²) in [6.07, 6.45) is 1.58. The van der Waals surface area contributed by atoms with Crippen molar-refractivity contribution in [1.29, 1.82) is 0 Å². The maximum atomic E-state index is 15.5. The molecule has 40 heteroatoms. The number of urea groups is 3. The molecule has 8 aliphatic heterocycles. The van der Waals surface area contributed by atoms with Gasteiger partial charge in [0, 0.05) is 61.9 Å². The van der Waals surface area contributed by atoms with Gasteiger partial charge in [0.15, 0.2) is 94.3 Å². The minimum absolute atomic E-state index is 0.0459. The van der Waals surface area contributed by atoms with E-state index in [0.717, 1.165) is 15.4 Å². The van der Waals surface area contributed by atoms with Crippen LogP contribution in [0.15, 0.2) is 98.2 Å². The number of hydrogen-bond acceptors (Lipinski definition) is 25. The summed E-state index contributed by atoms with van der Waals surface area (Å²) >= 11 is 0. The Morgan fingerprint density at radius 3 is 1.28 bits per heavy atom. The fraction of sp³-hybridized carbons (Fsp3) is 0.378. The number of carbonyl (C=O) groups is 15. The molecule has 9 aliphatic rings. The Kier molecular flexibility index (Phi) is 22.0. The average molecular weight is 1800 g/mol. The Balaban J connectivity index is 0.000000143.